The molecule has 7 nitrogen and oxygen atoms in total. The first-order valence-corrected chi connectivity index (χ1v) is 8.13. The normalized spacial score (nSPS) is 16.1. The molecule has 1 aromatic heterocycles. The summed E-state index contributed by atoms with van der Waals surface area (Å²) in [6.45, 7) is 3.94. The van der Waals surface area contributed by atoms with Crippen molar-refractivity contribution in [2.45, 2.75) is 19.8 Å². The molecule has 1 aromatic carbocycles. The number of anilines is 1. The van der Waals surface area contributed by atoms with Crippen LogP contribution in [0.25, 0.3) is 11.4 Å². The third-order valence-electron chi connectivity index (χ3n) is 4.44. The molecule has 1 saturated heterocycles. The molecule has 0 atom stereocenters. The Kier molecular flexibility index (Phi) is 6.52. The number of halogens is 1. The lowest BCUT2D eigenvalue weighted by Crippen LogP contribution is -2.47. The number of rotatable bonds is 5. The highest BCUT2D eigenvalue weighted by molar-refractivity contribution is 5.96. The Labute approximate surface area is 153 Å². The van der Waals surface area contributed by atoms with Gasteiger partial charge in [0, 0.05) is 18.4 Å². The molecule has 1 aliphatic heterocycles. The lowest BCUT2D eigenvalue weighted by atomic mass is 9.78. The number of ether oxygens (including phenoxy) is 1. The number of carbonyl (C=O) groups is 1. The Morgan fingerprint density at radius 1 is 1.36 bits per heavy atom. The summed E-state index contributed by atoms with van der Waals surface area (Å²) in [7, 11) is 1.64. The van der Waals surface area contributed by atoms with Gasteiger partial charge in [-0.05, 0) is 45.0 Å². The number of aromatic nitrogens is 3. The fourth-order valence-electron chi connectivity index (χ4n) is 3.09. The minimum atomic E-state index is -0.475. The Hall–Kier alpha value is -1.96. The van der Waals surface area contributed by atoms with E-state index in [0.29, 0.717) is 12.4 Å². The predicted molar refractivity (Wildman–Crippen MR) is 98.8 cm³/mol. The van der Waals surface area contributed by atoms with E-state index < -0.39 is 5.41 Å². The summed E-state index contributed by atoms with van der Waals surface area (Å²) in [6.07, 6.45) is 1.54. The fraction of sp³-hybridized carbons (Fsp3) is 0.471. The number of H-pyrrole nitrogens is 1. The predicted octanol–water partition coefficient (Wildman–Crippen LogP) is 2.16. The number of benzene rings is 1. The van der Waals surface area contributed by atoms with Crippen LogP contribution in [0.4, 0.5) is 5.69 Å². The van der Waals surface area contributed by atoms with E-state index in [9.17, 15) is 4.79 Å². The van der Waals surface area contributed by atoms with Gasteiger partial charge in [-0.2, -0.15) is 5.10 Å². The summed E-state index contributed by atoms with van der Waals surface area (Å²) in [6, 6.07) is 7.58. The van der Waals surface area contributed by atoms with Crippen molar-refractivity contribution in [3.05, 3.63) is 30.1 Å². The zero-order chi connectivity index (χ0) is 17.0. The number of methoxy groups -OCH3 is 1. The highest BCUT2D eigenvalue weighted by Crippen LogP contribution is 2.31. The van der Waals surface area contributed by atoms with E-state index in [1.165, 1.54) is 0 Å². The van der Waals surface area contributed by atoms with E-state index in [1.807, 2.05) is 31.2 Å². The first kappa shape index (κ1) is 19.4. The van der Waals surface area contributed by atoms with Crippen molar-refractivity contribution in [3.63, 3.8) is 0 Å². The number of nitrogens with one attached hydrogen (secondary N) is 3. The summed E-state index contributed by atoms with van der Waals surface area (Å²) in [4.78, 5) is 17.2. The summed E-state index contributed by atoms with van der Waals surface area (Å²) < 4.78 is 5.33. The molecule has 3 N–H and O–H groups in total. The molecule has 8 heteroatoms. The van der Waals surface area contributed by atoms with Gasteiger partial charge in [-0.1, -0.05) is 12.1 Å². The molecule has 1 amide bonds. The molecule has 0 aliphatic carbocycles. The van der Waals surface area contributed by atoms with Crippen LogP contribution in [0.5, 0.6) is 0 Å². The fourth-order valence-corrected chi connectivity index (χ4v) is 3.09. The maximum absolute atomic E-state index is 12.9. The number of aryl methyl sites for hydroxylation is 1. The topological polar surface area (TPSA) is 91.9 Å². The lowest BCUT2D eigenvalue weighted by molar-refractivity contribution is -0.130. The molecule has 3 rings (SSSR count). The standard InChI is InChI=1S/C17H23N5O2.ClH/c1-12-19-15(22-21-12)13-4-3-5-14(10-13)20-16(23)17(11-24-2)6-8-18-9-7-17;/h3-5,10,18H,6-9,11H2,1-2H3,(H,20,23)(H,19,21,22);1H. The number of hydrogen-bond acceptors (Lipinski definition) is 5. The van der Waals surface area contributed by atoms with Gasteiger partial charge in [0.25, 0.3) is 0 Å². The molecule has 0 saturated carbocycles. The quantitative estimate of drug-likeness (QED) is 0.755. The Morgan fingerprint density at radius 2 is 2.12 bits per heavy atom. The van der Waals surface area contributed by atoms with Crippen molar-refractivity contribution in [1.29, 1.82) is 0 Å². The van der Waals surface area contributed by atoms with Crippen LogP contribution in [-0.2, 0) is 9.53 Å². The van der Waals surface area contributed by atoms with Crippen LogP contribution in [0.2, 0.25) is 0 Å². The van der Waals surface area contributed by atoms with Crippen molar-refractivity contribution in [1.82, 2.24) is 20.5 Å². The zero-order valence-corrected chi connectivity index (χ0v) is 15.3. The molecule has 2 aromatic rings. The summed E-state index contributed by atoms with van der Waals surface area (Å²) in [5.74, 6) is 1.39. The van der Waals surface area contributed by atoms with Crippen LogP contribution >= 0.6 is 12.4 Å². The first-order valence-electron chi connectivity index (χ1n) is 8.13. The van der Waals surface area contributed by atoms with Crippen molar-refractivity contribution in [3.8, 4) is 11.4 Å². The maximum atomic E-state index is 12.9. The van der Waals surface area contributed by atoms with E-state index in [1.54, 1.807) is 7.11 Å². The van der Waals surface area contributed by atoms with Gasteiger partial charge in [0.05, 0.1) is 12.0 Å². The van der Waals surface area contributed by atoms with Crippen LogP contribution in [0.1, 0.15) is 18.7 Å². The van der Waals surface area contributed by atoms with E-state index in [4.69, 9.17) is 4.74 Å². The first-order chi connectivity index (χ1) is 11.6. The molecule has 0 radical (unpaired) electrons. The molecule has 25 heavy (non-hydrogen) atoms. The van der Waals surface area contributed by atoms with Crippen LogP contribution in [0.15, 0.2) is 24.3 Å². The zero-order valence-electron chi connectivity index (χ0n) is 14.5. The number of hydrogen-bond donors (Lipinski definition) is 3. The van der Waals surface area contributed by atoms with Crippen molar-refractivity contribution < 1.29 is 9.53 Å². The molecule has 2 heterocycles. The van der Waals surface area contributed by atoms with Gasteiger partial charge in [-0.15, -0.1) is 12.4 Å². The van der Waals surface area contributed by atoms with Crippen molar-refractivity contribution in [2.75, 3.05) is 32.1 Å². The van der Waals surface area contributed by atoms with Gasteiger partial charge in [-0.3, -0.25) is 9.89 Å². The van der Waals surface area contributed by atoms with Crippen LogP contribution in [0.3, 0.4) is 0 Å². The average Bonchev–Trinajstić information content (AvgIpc) is 3.03. The van der Waals surface area contributed by atoms with Gasteiger partial charge >= 0.3 is 0 Å². The van der Waals surface area contributed by atoms with Crippen molar-refractivity contribution >= 4 is 24.0 Å². The monoisotopic (exact) mass is 365 g/mol. The number of amides is 1. The molecule has 1 fully saturated rings. The third kappa shape index (κ3) is 4.36. The van der Waals surface area contributed by atoms with Crippen LogP contribution < -0.4 is 10.6 Å². The molecule has 0 unspecified atom stereocenters. The number of piperidine rings is 1. The smallest absolute Gasteiger partial charge is 0.233 e. The van der Waals surface area contributed by atoms with Gasteiger partial charge in [-0.25, -0.2) is 4.98 Å². The molecule has 1 aliphatic rings. The number of carbonyl (C=O) groups excluding carboxylic acids is 1. The minimum Gasteiger partial charge on any atom is -0.384 e. The summed E-state index contributed by atoms with van der Waals surface area (Å²) >= 11 is 0. The Morgan fingerprint density at radius 3 is 2.76 bits per heavy atom. The SMILES string of the molecule is COCC1(C(=O)Nc2cccc(-c3n[nH]c(C)n3)c2)CCNCC1.Cl. The van der Waals surface area contributed by atoms with Gasteiger partial charge in [0.15, 0.2) is 5.82 Å². The molecule has 0 spiro atoms. The van der Waals surface area contributed by atoms with E-state index in [2.05, 4.69) is 25.8 Å². The van der Waals surface area contributed by atoms with Crippen molar-refractivity contribution in [2.24, 2.45) is 5.41 Å². The van der Waals surface area contributed by atoms with E-state index >= 15 is 0 Å². The number of nitrogens with zero attached hydrogens (tertiary/aromatic N) is 2. The highest BCUT2D eigenvalue weighted by atomic mass is 35.5. The van der Waals surface area contributed by atoms with Gasteiger partial charge < -0.3 is 15.4 Å². The summed E-state index contributed by atoms with van der Waals surface area (Å²) in [5.41, 5.74) is 1.13. The average molecular weight is 366 g/mol. The largest absolute Gasteiger partial charge is 0.384 e. The minimum absolute atomic E-state index is 0. The van der Waals surface area contributed by atoms with Crippen LogP contribution in [-0.4, -0.2) is 47.9 Å². The Bertz CT molecular complexity index is 707. The summed E-state index contributed by atoms with van der Waals surface area (Å²) in [5, 5.41) is 13.3. The van der Waals surface area contributed by atoms with Crippen LogP contribution in [0, 0.1) is 12.3 Å². The molecule has 136 valence electrons. The Balaban J connectivity index is 0.00000225. The van der Waals surface area contributed by atoms with Gasteiger partial charge in [0.1, 0.15) is 5.82 Å². The van der Waals surface area contributed by atoms with E-state index in [0.717, 1.165) is 43.0 Å². The number of aromatic amines is 1. The molecular formula is C17H24ClN5O2. The third-order valence-corrected chi connectivity index (χ3v) is 4.44. The van der Waals surface area contributed by atoms with E-state index in [-0.39, 0.29) is 18.3 Å². The highest BCUT2D eigenvalue weighted by Gasteiger charge is 2.39. The molecule has 0 bridgehead atoms. The molecular weight excluding hydrogens is 342 g/mol. The lowest BCUT2D eigenvalue weighted by Gasteiger charge is -2.35. The van der Waals surface area contributed by atoms with Gasteiger partial charge in [0.2, 0.25) is 5.91 Å². The maximum Gasteiger partial charge on any atom is 0.233 e. The second-order valence-electron chi connectivity index (χ2n) is 6.24. The second-order valence-corrected chi connectivity index (χ2v) is 6.24. The second kappa shape index (κ2) is 8.42.